The van der Waals surface area contributed by atoms with E-state index >= 15 is 0 Å². The quantitative estimate of drug-likeness (QED) is 0.786. The molecule has 18 heavy (non-hydrogen) atoms. The van der Waals surface area contributed by atoms with E-state index in [1.807, 2.05) is 0 Å². The van der Waals surface area contributed by atoms with Gasteiger partial charge in [-0.25, -0.2) is 0 Å². The van der Waals surface area contributed by atoms with Crippen molar-refractivity contribution in [2.45, 2.75) is 6.10 Å². The molecule has 1 amide bonds. The molecule has 1 aromatic carbocycles. The summed E-state index contributed by atoms with van der Waals surface area (Å²) in [5, 5.41) is 0.874. The van der Waals surface area contributed by atoms with Crippen LogP contribution in [-0.2, 0) is 4.74 Å². The number of nitrogens with zero attached hydrogens (tertiary/aromatic N) is 1. The van der Waals surface area contributed by atoms with Crippen LogP contribution in [0.15, 0.2) is 18.2 Å². The van der Waals surface area contributed by atoms with Gasteiger partial charge in [0.1, 0.15) is 0 Å². The maximum Gasteiger partial charge on any atom is 0.255 e. The lowest BCUT2D eigenvalue weighted by Gasteiger charge is -2.32. The van der Waals surface area contributed by atoms with Crippen LogP contribution in [-0.4, -0.2) is 42.5 Å². The standard InChI is InChI=1S/C12H12Cl3NO2/c13-6-9-7-16(3-4-18-9)12(17)10-2-1-8(14)5-11(10)15/h1-2,5,9H,3-4,6-7H2. The molecule has 2 rings (SSSR count). The Hall–Kier alpha value is -0.480. The summed E-state index contributed by atoms with van der Waals surface area (Å²) in [6, 6.07) is 4.86. The maximum atomic E-state index is 12.3. The van der Waals surface area contributed by atoms with E-state index in [0.29, 0.717) is 41.2 Å². The molecular weight excluding hydrogens is 296 g/mol. The lowest BCUT2D eigenvalue weighted by molar-refractivity contribution is -0.0107. The molecule has 1 aromatic rings. The molecule has 0 aliphatic carbocycles. The van der Waals surface area contributed by atoms with Crippen molar-refractivity contribution in [2.24, 2.45) is 0 Å². The summed E-state index contributed by atoms with van der Waals surface area (Å²) in [6.45, 7) is 1.53. The lowest BCUT2D eigenvalue weighted by atomic mass is 10.1. The Kier molecular flexibility index (Phi) is 4.73. The van der Waals surface area contributed by atoms with Crippen LogP contribution in [0.4, 0.5) is 0 Å². The summed E-state index contributed by atoms with van der Waals surface area (Å²) in [7, 11) is 0. The minimum atomic E-state index is -0.116. The van der Waals surface area contributed by atoms with Gasteiger partial charge in [0.2, 0.25) is 0 Å². The van der Waals surface area contributed by atoms with Gasteiger partial charge in [0.15, 0.2) is 0 Å². The van der Waals surface area contributed by atoms with Gasteiger partial charge < -0.3 is 9.64 Å². The molecule has 0 bridgehead atoms. The number of rotatable bonds is 2. The molecule has 0 radical (unpaired) electrons. The number of benzene rings is 1. The molecule has 0 aromatic heterocycles. The minimum absolute atomic E-state index is 0.115. The first kappa shape index (κ1) is 13.9. The van der Waals surface area contributed by atoms with Crippen LogP contribution in [0.1, 0.15) is 10.4 Å². The zero-order chi connectivity index (χ0) is 13.1. The Labute approximate surface area is 121 Å². The Morgan fingerprint density at radius 3 is 2.89 bits per heavy atom. The summed E-state index contributed by atoms with van der Waals surface area (Å²) in [5.41, 5.74) is 0.455. The zero-order valence-electron chi connectivity index (χ0n) is 9.54. The zero-order valence-corrected chi connectivity index (χ0v) is 11.8. The molecule has 0 N–H and O–H groups in total. The van der Waals surface area contributed by atoms with E-state index < -0.39 is 0 Å². The molecule has 1 aliphatic heterocycles. The molecule has 1 saturated heterocycles. The van der Waals surface area contributed by atoms with Gasteiger partial charge in [0.05, 0.1) is 29.2 Å². The van der Waals surface area contributed by atoms with Crippen LogP contribution in [0.5, 0.6) is 0 Å². The molecule has 1 heterocycles. The van der Waals surface area contributed by atoms with Gasteiger partial charge in [-0.3, -0.25) is 4.79 Å². The second-order valence-corrected chi connectivity index (χ2v) is 5.17. The summed E-state index contributed by atoms with van der Waals surface area (Å²) < 4.78 is 5.41. The number of ether oxygens (including phenoxy) is 1. The normalized spacial score (nSPS) is 19.9. The fraction of sp³-hybridized carbons (Fsp3) is 0.417. The van der Waals surface area contributed by atoms with Crippen molar-refractivity contribution in [3.8, 4) is 0 Å². The average molecular weight is 309 g/mol. The molecule has 1 atom stereocenters. The number of hydrogen-bond acceptors (Lipinski definition) is 2. The second kappa shape index (κ2) is 6.11. The Morgan fingerprint density at radius 2 is 2.22 bits per heavy atom. The number of amides is 1. The second-order valence-electron chi connectivity index (χ2n) is 4.02. The largest absolute Gasteiger partial charge is 0.373 e. The van der Waals surface area contributed by atoms with Gasteiger partial charge in [-0.2, -0.15) is 0 Å². The molecule has 6 heteroatoms. The molecule has 0 saturated carbocycles. The highest BCUT2D eigenvalue weighted by molar-refractivity contribution is 6.36. The highest BCUT2D eigenvalue weighted by atomic mass is 35.5. The first-order chi connectivity index (χ1) is 8.61. The highest BCUT2D eigenvalue weighted by Crippen LogP contribution is 2.23. The molecule has 0 spiro atoms. The molecular formula is C12H12Cl3NO2. The number of halogens is 3. The predicted molar refractivity (Wildman–Crippen MR) is 72.8 cm³/mol. The molecule has 1 unspecified atom stereocenters. The first-order valence-electron chi connectivity index (χ1n) is 5.53. The van der Waals surface area contributed by atoms with Gasteiger partial charge >= 0.3 is 0 Å². The van der Waals surface area contributed by atoms with Crippen molar-refractivity contribution in [1.82, 2.24) is 4.90 Å². The average Bonchev–Trinajstić information content (AvgIpc) is 2.38. The molecule has 1 aliphatic rings. The van der Waals surface area contributed by atoms with Crippen LogP contribution >= 0.6 is 34.8 Å². The van der Waals surface area contributed by atoms with Crippen molar-refractivity contribution < 1.29 is 9.53 Å². The number of carbonyl (C=O) groups is 1. The van der Waals surface area contributed by atoms with Crippen LogP contribution in [0.2, 0.25) is 10.0 Å². The van der Waals surface area contributed by atoms with Gasteiger partial charge in [-0.15, -0.1) is 11.6 Å². The summed E-state index contributed by atoms with van der Waals surface area (Å²) in [4.78, 5) is 14.0. The number of morpholine rings is 1. The fourth-order valence-corrected chi connectivity index (χ4v) is 2.51. The van der Waals surface area contributed by atoms with E-state index in [2.05, 4.69) is 0 Å². The number of hydrogen-bond donors (Lipinski definition) is 0. The van der Waals surface area contributed by atoms with Crippen LogP contribution in [0.3, 0.4) is 0 Å². The van der Waals surface area contributed by atoms with Gasteiger partial charge in [-0.05, 0) is 18.2 Å². The lowest BCUT2D eigenvalue weighted by Crippen LogP contribution is -2.46. The monoisotopic (exact) mass is 307 g/mol. The molecule has 3 nitrogen and oxygen atoms in total. The number of alkyl halides is 1. The summed E-state index contributed by atoms with van der Waals surface area (Å²) >= 11 is 17.6. The van der Waals surface area contributed by atoms with E-state index in [1.165, 1.54) is 0 Å². The SMILES string of the molecule is O=C(c1ccc(Cl)cc1Cl)N1CCOC(CCl)C1. The van der Waals surface area contributed by atoms with E-state index in [4.69, 9.17) is 39.5 Å². The third-order valence-electron chi connectivity index (χ3n) is 2.76. The first-order valence-corrected chi connectivity index (χ1v) is 6.82. The summed E-state index contributed by atoms with van der Waals surface area (Å²) in [6.07, 6.45) is -0.115. The van der Waals surface area contributed by atoms with Crippen LogP contribution < -0.4 is 0 Å². The van der Waals surface area contributed by atoms with Gasteiger partial charge in [0.25, 0.3) is 5.91 Å². The number of carbonyl (C=O) groups excluding carboxylic acids is 1. The molecule has 1 fully saturated rings. The van der Waals surface area contributed by atoms with E-state index in [0.717, 1.165) is 0 Å². The van der Waals surface area contributed by atoms with E-state index in [1.54, 1.807) is 23.1 Å². The molecule has 98 valence electrons. The minimum Gasteiger partial charge on any atom is -0.373 e. The Morgan fingerprint density at radius 1 is 1.44 bits per heavy atom. The predicted octanol–water partition coefficient (Wildman–Crippen LogP) is 3.07. The fourth-order valence-electron chi connectivity index (χ4n) is 1.83. The van der Waals surface area contributed by atoms with Crippen molar-refractivity contribution in [3.63, 3.8) is 0 Å². The highest BCUT2D eigenvalue weighted by Gasteiger charge is 2.25. The van der Waals surface area contributed by atoms with Crippen LogP contribution in [0, 0.1) is 0 Å². The van der Waals surface area contributed by atoms with Crippen molar-refractivity contribution in [2.75, 3.05) is 25.6 Å². The third kappa shape index (κ3) is 3.09. The van der Waals surface area contributed by atoms with Gasteiger partial charge in [0, 0.05) is 18.1 Å². The Balaban J connectivity index is 2.15. The van der Waals surface area contributed by atoms with Crippen molar-refractivity contribution in [3.05, 3.63) is 33.8 Å². The maximum absolute atomic E-state index is 12.3. The van der Waals surface area contributed by atoms with E-state index in [-0.39, 0.29) is 12.0 Å². The smallest absolute Gasteiger partial charge is 0.255 e. The van der Waals surface area contributed by atoms with Crippen molar-refractivity contribution in [1.29, 1.82) is 0 Å². The Bertz CT molecular complexity index is 453. The summed E-state index contributed by atoms with van der Waals surface area (Å²) in [5.74, 6) is 0.257. The van der Waals surface area contributed by atoms with Crippen LogP contribution in [0.25, 0.3) is 0 Å². The third-order valence-corrected chi connectivity index (χ3v) is 3.65. The van der Waals surface area contributed by atoms with E-state index in [9.17, 15) is 4.79 Å². The van der Waals surface area contributed by atoms with Crippen molar-refractivity contribution >= 4 is 40.7 Å². The topological polar surface area (TPSA) is 29.5 Å². The van der Waals surface area contributed by atoms with Gasteiger partial charge in [-0.1, -0.05) is 23.2 Å².